The largest absolute Gasteiger partial charge is 0.294 e. The van der Waals surface area contributed by atoms with E-state index in [2.05, 4.69) is 0 Å². The lowest BCUT2D eigenvalue weighted by Crippen LogP contribution is -2.06. The third-order valence-electron chi connectivity index (χ3n) is 2.60. The number of halogens is 4. The minimum absolute atomic E-state index is 0.0347. The number of carbonyl (C=O) groups excluding carboxylic acids is 1. The normalized spacial score (nSPS) is 10.5. The van der Waals surface area contributed by atoms with E-state index in [-0.39, 0.29) is 22.6 Å². The highest BCUT2D eigenvalue weighted by Crippen LogP contribution is 2.20. The Morgan fingerprint density at radius 2 is 1.63 bits per heavy atom. The zero-order valence-electron chi connectivity index (χ0n) is 9.59. The summed E-state index contributed by atoms with van der Waals surface area (Å²) in [5, 5.41) is -0.0347. The number of hydrogen-bond acceptors (Lipinski definition) is 1. The fourth-order valence-electron chi connectivity index (χ4n) is 1.65. The van der Waals surface area contributed by atoms with Crippen LogP contribution in [0.25, 0.3) is 0 Å². The van der Waals surface area contributed by atoms with Crippen molar-refractivity contribution in [1.29, 1.82) is 0 Å². The maximum atomic E-state index is 13.4. The molecule has 0 saturated carbocycles. The molecule has 0 heterocycles. The van der Waals surface area contributed by atoms with Gasteiger partial charge in [0.05, 0.1) is 5.02 Å². The van der Waals surface area contributed by atoms with Crippen molar-refractivity contribution >= 4 is 17.4 Å². The van der Waals surface area contributed by atoms with E-state index in [4.69, 9.17) is 11.6 Å². The minimum atomic E-state index is -0.799. The van der Waals surface area contributed by atoms with Gasteiger partial charge in [-0.05, 0) is 29.8 Å². The fraction of sp³-hybridized carbons (Fsp3) is 0.0714. The molecule has 1 nitrogen and oxygen atoms in total. The predicted octanol–water partition coefficient (Wildman–Crippen LogP) is 4.18. The molecule has 0 atom stereocenters. The number of carbonyl (C=O) groups is 1. The Labute approximate surface area is 112 Å². The molecule has 0 saturated heterocycles. The third-order valence-corrected chi connectivity index (χ3v) is 2.91. The quantitative estimate of drug-likeness (QED) is 0.773. The summed E-state index contributed by atoms with van der Waals surface area (Å²) in [6, 6.07) is 6.31. The van der Waals surface area contributed by atoms with Gasteiger partial charge in [0.15, 0.2) is 5.78 Å². The maximum Gasteiger partial charge on any atom is 0.168 e. The average Bonchev–Trinajstić information content (AvgIpc) is 2.32. The van der Waals surface area contributed by atoms with Crippen molar-refractivity contribution in [2.75, 3.05) is 0 Å². The van der Waals surface area contributed by atoms with Gasteiger partial charge in [0.1, 0.15) is 17.5 Å². The summed E-state index contributed by atoms with van der Waals surface area (Å²) in [6.45, 7) is 0. The zero-order chi connectivity index (χ0) is 14.0. The molecule has 98 valence electrons. The molecule has 0 aliphatic carbocycles. The molecule has 0 fully saturated rings. The summed E-state index contributed by atoms with van der Waals surface area (Å²) >= 11 is 5.74. The summed E-state index contributed by atoms with van der Waals surface area (Å²) < 4.78 is 39.0. The smallest absolute Gasteiger partial charge is 0.168 e. The van der Waals surface area contributed by atoms with Crippen molar-refractivity contribution in [2.24, 2.45) is 0 Å². The molecule has 0 aliphatic rings. The van der Waals surface area contributed by atoms with Gasteiger partial charge in [-0.1, -0.05) is 17.7 Å². The van der Waals surface area contributed by atoms with Crippen LogP contribution >= 0.6 is 11.6 Å². The van der Waals surface area contributed by atoms with Crippen LogP contribution < -0.4 is 0 Å². The summed E-state index contributed by atoms with van der Waals surface area (Å²) in [6.07, 6.45) is -0.266. The first-order valence-electron chi connectivity index (χ1n) is 5.39. The second-order valence-corrected chi connectivity index (χ2v) is 4.37. The van der Waals surface area contributed by atoms with Crippen LogP contribution in [-0.2, 0) is 6.42 Å². The summed E-state index contributed by atoms with van der Waals surface area (Å²) in [5.74, 6) is -2.54. The van der Waals surface area contributed by atoms with Crippen LogP contribution in [0.5, 0.6) is 0 Å². The Balaban J connectivity index is 2.25. The molecule has 0 bridgehead atoms. The van der Waals surface area contributed by atoms with E-state index in [1.807, 2.05) is 0 Å². The molecule has 0 N–H and O–H groups in total. The molecule has 2 rings (SSSR count). The van der Waals surface area contributed by atoms with E-state index in [0.29, 0.717) is 6.07 Å². The Morgan fingerprint density at radius 1 is 1.00 bits per heavy atom. The van der Waals surface area contributed by atoms with Crippen LogP contribution in [0.1, 0.15) is 15.9 Å². The number of ketones is 1. The highest BCUT2D eigenvalue weighted by molar-refractivity contribution is 6.34. The van der Waals surface area contributed by atoms with Crippen LogP contribution in [0, 0.1) is 17.5 Å². The Kier molecular flexibility index (Phi) is 3.90. The van der Waals surface area contributed by atoms with Crippen LogP contribution in [0.15, 0.2) is 36.4 Å². The van der Waals surface area contributed by atoms with E-state index in [1.165, 1.54) is 12.1 Å². The van der Waals surface area contributed by atoms with Gasteiger partial charge < -0.3 is 0 Å². The van der Waals surface area contributed by atoms with Crippen LogP contribution in [0.4, 0.5) is 13.2 Å². The van der Waals surface area contributed by atoms with Gasteiger partial charge in [-0.2, -0.15) is 0 Å². The molecule has 0 spiro atoms. The number of hydrogen-bond donors (Lipinski definition) is 0. The highest BCUT2D eigenvalue weighted by Gasteiger charge is 2.14. The SMILES string of the molecule is O=C(Cc1ccc(F)cc1F)c1ccc(F)cc1Cl. The summed E-state index contributed by atoms with van der Waals surface area (Å²) in [4.78, 5) is 11.9. The Morgan fingerprint density at radius 3 is 2.26 bits per heavy atom. The summed E-state index contributed by atoms with van der Waals surface area (Å²) in [5.41, 5.74) is 0.165. The first-order chi connectivity index (χ1) is 8.97. The third kappa shape index (κ3) is 3.15. The van der Waals surface area contributed by atoms with Crippen molar-refractivity contribution in [3.05, 3.63) is 70.0 Å². The lowest BCUT2D eigenvalue weighted by Gasteiger charge is -2.05. The molecule has 2 aromatic carbocycles. The molecule has 2 aromatic rings. The molecular formula is C14H8ClF3O. The van der Waals surface area contributed by atoms with E-state index >= 15 is 0 Å². The molecule has 5 heteroatoms. The average molecular weight is 285 g/mol. The van der Waals surface area contributed by atoms with Crippen molar-refractivity contribution in [2.45, 2.75) is 6.42 Å². The van der Waals surface area contributed by atoms with Crippen LogP contribution in [0.3, 0.4) is 0 Å². The first-order valence-corrected chi connectivity index (χ1v) is 5.77. The standard InChI is InChI=1S/C14H8ClF3O/c15-12-6-9(16)3-4-11(12)14(19)5-8-1-2-10(17)7-13(8)18/h1-4,6-7H,5H2. The van der Waals surface area contributed by atoms with Crippen LogP contribution in [-0.4, -0.2) is 5.78 Å². The van der Waals surface area contributed by atoms with Gasteiger partial charge >= 0.3 is 0 Å². The second-order valence-electron chi connectivity index (χ2n) is 3.96. The topological polar surface area (TPSA) is 17.1 Å². The van der Waals surface area contributed by atoms with Crippen molar-refractivity contribution < 1.29 is 18.0 Å². The molecule has 0 radical (unpaired) electrons. The highest BCUT2D eigenvalue weighted by atomic mass is 35.5. The van der Waals surface area contributed by atoms with Gasteiger partial charge in [0.25, 0.3) is 0 Å². The predicted molar refractivity (Wildman–Crippen MR) is 65.8 cm³/mol. The molecule has 0 aliphatic heterocycles. The monoisotopic (exact) mass is 284 g/mol. The molecule has 0 amide bonds. The molecular weight excluding hydrogens is 277 g/mol. The lowest BCUT2D eigenvalue weighted by atomic mass is 10.0. The van der Waals surface area contributed by atoms with Gasteiger partial charge in [-0.15, -0.1) is 0 Å². The van der Waals surface area contributed by atoms with Crippen molar-refractivity contribution in [3.63, 3.8) is 0 Å². The second kappa shape index (κ2) is 5.45. The van der Waals surface area contributed by atoms with Gasteiger partial charge in [0.2, 0.25) is 0 Å². The lowest BCUT2D eigenvalue weighted by molar-refractivity contribution is 0.0992. The fourth-order valence-corrected chi connectivity index (χ4v) is 1.92. The minimum Gasteiger partial charge on any atom is -0.294 e. The first kappa shape index (κ1) is 13.6. The van der Waals surface area contributed by atoms with Crippen LogP contribution in [0.2, 0.25) is 5.02 Å². The van der Waals surface area contributed by atoms with E-state index in [0.717, 1.165) is 18.2 Å². The van der Waals surface area contributed by atoms with Crippen molar-refractivity contribution in [3.8, 4) is 0 Å². The number of benzene rings is 2. The summed E-state index contributed by atoms with van der Waals surface area (Å²) in [7, 11) is 0. The Bertz CT molecular complexity index is 641. The van der Waals surface area contributed by atoms with E-state index < -0.39 is 23.2 Å². The van der Waals surface area contributed by atoms with E-state index in [9.17, 15) is 18.0 Å². The number of Topliss-reactive ketones (excluding diaryl/α,β-unsaturated/α-hetero) is 1. The van der Waals surface area contributed by atoms with E-state index in [1.54, 1.807) is 0 Å². The maximum absolute atomic E-state index is 13.4. The van der Waals surface area contributed by atoms with Gasteiger partial charge in [-0.25, -0.2) is 13.2 Å². The zero-order valence-corrected chi connectivity index (χ0v) is 10.3. The molecule has 0 aromatic heterocycles. The van der Waals surface area contributed by atoms with Crippen molar-refractivity contribution in [1.82, 2.24) is 0 Å². The number of rotatable bonds is 3. The molecule has 0 unspecified atom stereocenters. The molecule has 19 heavy (non-hydrogen) atoms. The van der Waals surface area contributed by atoms with Gasteiger partial charge in [-0.3, -0.25) is 4.79 Å². The van der Waals surface area contributed by atoms with Gasteiger partial charge in [0, 0.05) is 18.1 Å². The Hall–Kier alpha value is -1.81.